The largest absolute Gasteiger partial charge is 0.478 e. The normalized spacial score (nSPS) is 8.88. The molecular formula is C13H22O4. The van der Waals surface area contributed by atoms with Crippen molar-refractivity contribution < 1.29 is 19.8 Å². The Labute approximate surface area is 103 Å². The number of carboxylic acids is 2. The lowest BCUT2D eigenvalue weighted by Crippen LogP contribution is -1.99. The first kappa shape index (κ1) is 20.6. The second kappa shape index (κ2) is 12.2. The van der Waals surface area contributed by atoms with Crippen molar-refractivity contribution in [3.63, 3.8) is 0 Å². The molecule has 0 aromatic rings. The number of hydrogen-bond acceptors (Lipinski definition) is 2. The van der Waals surface area contributed by atoms with Crippen LogP contribution >= 0.6 is 0 Å². The van der Waals surface area contributed by atoms with E-state index in [2.05, 4.69) is 13.2 Å². The van der Waals surface area contributed by atoms with Gasteiger partial charge in [0.25, 0.3) is 0 Å². The van der Waals surface area contributed by atoms with Gasteiger partial charge in [-0.1, -0.05) is 11.1 Å². The Morgan fingerprint density at radius 1 is 0.882 bits per heavy atom. The highest BCUT2D eigenvalue weighted by molar-refractivity contribution is 5.93. The van der Waals surface area contributed by atoms with Crippen LogP contribution in [0.4, 0.5) is 0 Å². The third-order valence-electron chi connectivity index (χ3n) is 0.677. The third-order valence-corrected chi connectivity index (χ3v) is 0.677. The maximum Gasteiger partial charge on any atom is 0.331 e. The topological polar surface area (TPSA) is 74.6 Å². The molecule has 0 saturated carbocycles. The van der Waals surface area contributed by atoms with Crippen molar-refractivity contribution in [2.24, 2.45) is 0 Å². The summed E-state index contributed by atoms with van der Waals surface area (Å²) in [5.41, 5.74) is 2.16. The van der Waals surface area contributed by atoms with Gasteiger partial charge in [0.2, 0.25) is 0 Å². The van der Waals surface area contributed by atoms with E-state index in [0.717, 1.165) is 0 Å². The molecule has 0 unspecified atom stereocenters. The number of hydrogen-bond donors (Lipinski definition) is 2. The van der Waals surface area contributed by atoms with E-state index < -0.39 is 11.9 Å². The SMILES string of the molecule is C/C(=C\C(=O)O)C(=O)O.C=C(C)C.C=C(C)C. The monoisotopic (exact) mass is 242 g/mol. The van der Waals surface area contributed by atoms with Crippen LogP contribution in [0.1, 0.15) is 34.6 Å². The summed E-state index contributed by atoms with van der Waals surface area (Å²) >= 11 is 0. The molecule has 4 nitrogen and oxygen atoms in total. The van der Waals surface area contributed by atoms with Crippen LogP contribution in [-0.4, -0.2) is 22.2 Å². The summed E-state index contributed by atoms with van der Waals surface area (Å²) in [6.45, 7) is 16.2. The van der Waals surface area contributed by atoms with Gasteiger partial charge in [-0.3, -0.25) is 0 Å². The van der Waals surface area contributed by atoms with Gasteiger partial charge in [-0.2, -0.15) is 0 Å². The highest BCUT2D eigenvalue weighted by Gasteiger charge is 2.00. The van der Waals surface area contributed by atoms with Crippen molar-refractivity contribution in [3.05, 3.63) is 36.0 Å². The number of aliphatic carboxylic acids is 2. The van der Waals surface area contributed by atoms with Crippen LogP contribution in [-0.2, 0) is 9.59 Å². The standard InChI is InChI=1S/C5H6O4.2C4H8/c1-3(5(8)9)2-4(6)7;2*1-4(2)3/h2H,1H3,(H,6,7)(H,8,9);2*1H2,2-3H3/b3-2+;;. The van der Waals surface area contributed by atoms with E-state index in [9.17, 15) is 9.59 Å². The lowest BCUT2D eigenvalue weighted by molar-refractivity contribution is -0.135. The Morgan fingerprint density at radius 2 is 1.12 bits per heavy atom. The first-order chi connectivity index (χ1) is 7.50. The maximum atomic E-state index is 9.90. The van der Waals surface area contributed by atoms with E-state index in [1.54, 1.807) is 0 Å². The van der Waals surface area contributed by atoms with Gasteiger partial charge in [0.05, 0.1) is 0 Å². The van der Waals surface area contributed by atoms with Gasteiger partial charge < -0.3 is 10.2 Å². The molecule has 0 heterocycles. The molecule has 0 aliphatic rings. The van der Waals surface area contributed by atoms with Crippen molar-refractivity contribution in [1.29, 1.82) is 0 Å². The van der Waals surface area contributed by atoms with Crippen molar-refractivity contribution >= 4 is 11.9 Å². The van der Waals surface area contributed by atoms with Crippen molar-refractivity contribution in [3.8, 4) is 0 Å². The molecule has 98 valence electrons. The highest BCUT2D eigenvalue weighted by Crippen LogP contribution is 1.89. The van der Waals surface area contributed by atoms with Crippen LogP contribution in [0.3, 0.4) is 0 Å². The fourth-order valence-corrected chi connectivity index (χ4v) is 0.247. The van der Waals surface area contributed by atoms with E-state index in [1.165, 1.54) is 18.1 Å². The van der Waals surface area contributed by atoms with Gasteiger partial charge in [0, 0.05) is 11.6 Å². The summed E-state index contributed by atoms with van der Waals surface area (Å²) in [4.78, 5) is 19.7. The van der Waals surface area contributed by atoms with Gasteiger partial charge in [-0.25, -0.2) is 9.59 Å². The molecule has 0 saturated heterocycles. The molecule has 0 fully saturated rings. The number of carbonyl (C=O) groups is 2. The second-order valence-electron chi connectivity index (χ2n) is 3.88. The van der Waals surface area contributed by atoms with Crippen LogP contribution in [0.15, 0.2) is 36.0 Å². The Hall–Kier alpha value is -1.84. The summed E-state index contributed by atoms with van der Waals surface area (Å²) in [7, 11) is 0. The Bertz CT molecular complexity index is 291. The van der Waals surface area contributed by atoms with Crippen LogP contribution in [0.5, 0.6) is 0 Å². The van der Waals surface area contributed by atoms with Crippen LogP contribution in [0.2, 0.25) is 0 Å². The van der Waals surface area contributed by atoms with Gasteiger partial charge >= 0.3 is 11.9 Å². The zero-order chi connectivity index (χ0) is 14.6. The maximum absolute atomic E-state index is 9.90. The second-order valence-corrected chi connectivity index (χ2v) is 3.88. The molecule has 2 N–H and O–H groups in total. The van der Waals surface area contributed by atoms with Crippen LogP contribution in [0.25, 0.3) is 0 Å². The Kier molecular flexibility index (Phi) is 14.8. The lowest BCUT2D eigenvalue weighted by Gasteiger charge is -1.86. The number of carboxylic acid groups (broad SMARTS) is 2. The summed E-state index contributed by atoms with van der Waals surface area (Å²) in [6.07, 6.45) is 0.641. The molecule has 17 heavy (non-hydrogen) atoms. The van der Waals surface area contributed by atoms with Crippen LogP contribution in [0, 0.1) is 0 Å². The first-order valence-corrected chi connectivity index (χ1v) is 4.89. The molecule has 0 amide bonds. The quantitative estimate of drug-likeness (QED) is 0.575. The molecule has 0 aromatic heterocycles. The summed E-state index contributed by atoms with van der Waals surface area (Å²) in [6, 6.07) is 0. The number of rotatable bonds is 2. The molecule has 4 heteroatoms. The summed E-state index contributed by atoms with van der Waals surface area (Å²) in [5, 5.41) is 16.1. The minimum atomic E-state index is -1.24. The summed E-state index contributed by atoms with van der Waals surface area (Å²) < 4.78 is 0. The fraction of sp³-hybridized carbons (Fsp3) is 0.385. The van der Waals surface area contributed by atoms with Crippen molar-refractivity contribution in [2.75, 3.05) is 0 Å². The highest BCUT2D eigenvalue weighted by atomic mass is 16.4. The van der Waals surface area contributed by atoms with Crippen molar-refractivity contribution in [2.45, 2.75) is 34.6 Å². The predicted molar refractivity (Wildman–Crippen MR) is 70.0 cm³/mol. The molecule has 0 radical (unpaired) electrons. The minimum Gasteiger partial charge on any atom is -0.478 e. The molecule has 0 aromatic carbocycles. The van der Waals surface area contributed by atoms with Gasteiger partial charge in [-0.05, 0) is 34.6 Å². The smallest absolute Gasteiger partial charge is 0.331 e. The average molecular weight is 242 g/mol. The van der Waals surface area contributed by atoms with E-state index in [4.69, 9.17) is 10.2 Å². The average Bonchev–Trinajstić information content (AvgIpc) is 1.99. The van der Waals surface area contributed by atoms with E-state index in [1.807, 2.05) is 27.7 Å². The molecule has 0 aliphatic heterocycles. The molecule has 0 spiro atoms. The minimum absolute atomic E-state index is 0.178. The molecule has 0 rings (SSSR count). The fourth-order valence-electron chi connectivity index (χ4n) is 0.247. The molecular weight excluding hydrogens is 220 g/mol. The Morgan fingerprint density at radius 3 is 1.18 bits per heavy atom. The molecule has 0 bridgehead atoms. The zero-order valence-corrected chi connectivity index (χ0v) is 11.2. The van der Waals surface area contributed by atoms with E-state index >= 15 is 0 Å². The van der Waals surface area contributed by atoms with Gasteiger partial charge in [-0.15, -0.1) is 13.2 Å². The van der Waals surface area contributed by atoms with Crippen molar-refractivity contribution in [1.82, 2.24) is 0 Å². The zero-order valence-electron chi connectivity index (χ0n) is 11.2. The first-order valence-electron chi connectivity index (χ1n) is 4.89. The van der Waals surface area contributed by atoms with Gasteiger partial charge in [0.15, 0.2) is 0 Å². The number of allylic oxidation sites excluding steroid dienone is 2. The summed E-state index contributed by atoms with van der Waals surface area (Å²) in [5.74, 6) is -2.45. The Balaban J connectivity index is -0.000000205. The third kappa shape index (κ3) is 55.2. The molecule has 0 aliphatic carbocycles. The van der Waals surface area contributed by atoms with Gasteiger partial charge in [0.1, 0.15) is 0 Å². The van der Waals surface area contributed by atoms with E-state index in [0.29, 0.717) is 6.08 Å². The van der Waals surface area contributed by atoms with Crippen LogP contribution < -0.4 is 0 Å². The predicted octanol–water partition coefficient (Wildman–Crippen LogP) is 3.27. The van der Waals surface area contributed by atoms with E-state index in [-0.39, 0.29) is 5.57 Å². The molecule has 0 atom stereocenters. The lowest BCUT2D eigenvalue weighted by atomic mass is 10.3.